The van der Waals surface area contributed by atoms with Gasteiger partial charge in [-0.05, 0) is 12.1 Å². The van der Waals surface area contributed by atoms with Crippen molar-refractivity contribution in [1.82, 2.24) is 19.6 Å². The Labute approximate surface area is 120 Å². The first-order valence-electron chi connectivity index (χ1n) is 6.23. The number of amides is 1. The molecular formula is C13H13N7O. The fourth-order valence-corrected chi connectivity index (χ4v) is 1.95. The molecule has 0 aliphatic heterocycles. The molecule has 8 nitrogen and oxygen atoms in total. The molecule has 3 heterocycles. The summed E-state index contributed by atoms with van der Waals surface area (Å²) in [4.78, 5) is 20.0. The zero-order chi connectivity index (χ0) is 14.8. The maximum absolute atomic E-state index is 11.4. The normalized spacial score (nSPS) is 10.5. The van der Waals surface area contributed by atoms with Gasteiger partial charge in [0.1, 0.15) is 23.0 Å². The van der Waals surface area contributed by atoms with Gasteiger partial charge in [-0.15, -0.1) is 0 Å². The summed E-state index contributed by atoms with van der Waals surface area (Å²) >= 11 is 0. The minimum atomic E-state index is -0.575. The summed E-state index contributed by atoms with van der Waals surface area (Å²) in [6.07, 6.45) is 3.07. The second-order valence-corrected chi connectivity index (χ2v) is 4.27. The van der Waals surface area contributed by atoms with Gasteiger partial charge < -0.3 is 16.4 Å². The molecule has 3 rings (SSSR count). The van der Waals surface area contributed by atoms with Crippen LogP contribution in [-0.4, -0.2) is 32.5 Å². The molecule has 0 fully saturated rings. The first-order valence-corrected chi connectivity index (χ1v) is 6.23. The third kappa shape index (κ3) is 2.34. The average Bonchev–Trinajstić information content (AvgIpc) is 2.91. The van der Waals surface area contributed by atoms with Crippen LogP contribution in [0.1, 0.15) is 10.4 Å². The molecule has 0 saturated heterocycles. The summed E-state index contributed by atoms with van der Waals surface area (Å²) in [5, 5.41) is 10.2. The van der Waals surface area contributed by atoms with Crippen molar-refractivity contribution < 1.29 is 4.79 Å². The van der Waals surface area contributed by atoms with Gasteiger partial charge in [0.15, 0.2) is 5.65 Å². The Hall–Kier alpha value is -3.16. The van der Waals surface area contributed by atoms with E-state index >= 15 is 0 Å². The van der Waals surface area contributed by atoms with E-state index < -0.39 is 5.91 Å². The van der Waals surface area contributed by atoms with Gasteiger partial charge in [0.05, 0.1) is 6.20 Å². The Morgan fingerprint density at radius 2 is 2.19 bits per heavy atom. The van der Waals surface area contributed by atoms with Crippen molar-refractivity contribution >= 4 is 29.0 Å². The molecule has 8 heteroatoms. The van der Waals surface area contributed by atoms with Crippen LogP contribution in [0.15, 0.2) is 36.7 Å². The van der Waals surface area contributed by atoms with Gasteiger partial charge in [-0.1, -0.05) is 6.07 Å². The second-order valence-electron chi connectivity index (χ2n) is 4.27. The van der Waals surface area contributed by atoms with Crippen LogP contribution in [0.4, 0.5) is 17.5 Å². The molecule has 4 N–H and O–H groups in total. The van der Waals surface area contributed by atoms with Crippen LogP contribution < -0.4 is 16.4 Å². The van der Waals surface area contributed by atoms with Gasteiger partial charge in [-0.3, -0.25) is 4.79 Å². The number of primary amides is 1. The molecule has 0 atom stereocenters. The molecule has 106 valence electrons. The van der Waals surface area contributed by atoms with Gasteiger partial charge in [0.2, 0.25) is 0 Å². The number of carbonyl (C=O) groups excluding carboxylic acids is 1. The topological polar surface area (TPSA) is 110 Å². The van der Waals surface area contributed by atoms with Crippen molar-refractivity contribution in [1.29, 1.82) is 0 Å². The number of hydrogen-bond donors (Lipinski definition) is 3. The first kappa shape index (κ1) is 12.9. The smallest absolute Gasteiger partial charge is 0.254 e. The van der Waals surface area contributed by atoms with Gasteiger partial charge in [0.25, 0.3) is 5.91 Å². The lowest BCUT2D eigenvalue weighted by Crippen LogP contribution is -2.12. The summed E-state index contributed by atoms with van der Waals surface area (Å²) in [5.74, 6) is 1.28. The van der Waals surface area contributed by atoms with Gasteiger partial charge >= 0.3 is 0 Å². The predicted octanol–water partition coefficient (Wildman–Crippen LogP) is 1.01. The third-order valence-corrected chi connectivity index (χ3v) is 2.91. The highest BCUT2D eigenvalue weighted by Gasteiger charge is 2.14. The fourth-order valence-electron chi connectivity index (χ4n) is 1.95. The number of pyridine rings is 1. The summed E-state index contributed by atoms with van der Waals surface area (Å²) in [6.45, 7) is 0. The Bertz CT molecular complexity index is 797. The molecule has 0 aliphatic carbocycles. The highest BCUT2D eigenvalue weighted by Crippen LogP contribution is 2.20. The molecule has 0 aromatic carbocycles. The lowest BCUT2D eigenvalue weighted by Gasteiger charge is -2.09. The number of nitrogens with two attached hydrogens (primary N) is 1. The molecule has 0 unspecified atom stereocenters. The average molecular weight is 283 g/mol. The van der Waals surface area contributed by atoms with Gasteiger partial charge in [0, 0.05) is 19.3 Å². The van der Waals surface area contributed by atoms with Crippen LogP contribution in [0.25, 0.3) is 5.65 Å². The van der Waals surface area contributed by atoms with Crippen molar-refractivity contribution in [2.75, 3.05) is 17.7 Å². The quantitative estimate of drug-likeness (QED) is 0.659. The van der Waals surface area contributed by atoms with Crippen LogP contribution in [0.5, 0.6) is 0 Å². The summed E-state index contributed by atoms with van der Waals surface area (Å²) in [7, 11) is 1.75. The highest BCUT2D eigenvalue weighted by atomic mass is 16.1. The largest absolute Gasteiger partial charge is 0.373 e. The van der Waals surface area contributed by atoms with Crippen LogP contribution in [0.3, 0.4) is 0 Å². The summed E-state index contributed by atoms with van der Waals surface area (Å²) in [5.41, 5.74) is 5.98. The molecule has 0 saturated carbocycles. The molecule has 0 spiro atoms. The number of rotatable bonds is 4. The van der Waals surface area contributed by atoms with E-state index in [-0.39, 0.29) is 5.56 Å². The maximum atomic E-state index is 11.4. The van der Waals surface area contributed by atoms with Crippen LogP contribution in [0.2, 0.25) is 0 Å². The van der Waals surface area contributed by atoms with Gasteiger partial charge in [-0.25, -0.2) is 9.97 Å². The minimum Gasteiger partial charge on any atom is -0.373 e. The number of nitrogens with one attached hydrogen (secondary N) is 2. The van der Waals surface area contributed by atoms with E-state index in [1.807, 2.05) is 18.2 Å². The zero-order valence-electron chi connectivity index (χ0n) is 11.2. The number of nitrogens with zero attached hydrogens (tertiary/aromatic N) is 4. The van der Waals surface area contributed by atoms with Crippen LogP contribution >= 0.6 is 0 Å². The SMILES string of the molecule is CNc1cc(Nc2ccccn2)nc2c(C(N)=O)cnn12. The highest BCUT2D eigenvalue weighted by molar-refractivity contribution is 5.98. The molecule has 1 amide bonds. The Morgan fingerprint density at radius 3 is 2.86 bits per heavy atom. The molecule has 3 aromatic heterocycles. The lowest BCUT2D eigenvalue weighted by molar-refractivity contribution is 0.100. The van der Waals surface area contributed by atoms with E-state index in [2.05, 4.69) is 25.7 Å². The number of carbonyl (C=O) groups is 1. The van der Waals surface area contributed by atoms with E-state index in [1.165, 1.54) is 10.7 Å². The van der Waals surface area contributed by atoms with Gasteiger partial charge in [-0.2, -0.15) is 9.61 Å². The molecule has 0 radical (unpaired) electrons. The zero-order valence-corrected chi connectivity index (χ0v) is 11.2. The van der Waals surface area contributed by atoms with E-state index in [0.29, 0.717) is 23.1 Å². The Kier molecular flexibility index (Phi) is 3.11. The van der Waals surface area contributed by atoms with Crippen molar-refractivity contribution in [3.63, 3.8) is 0 Å². The third-order valence-electron chi connectivity index (χ3n) is 2.91. The van der Waals surface area contributed by atoms with E-state index in [0.717, 1.165) is 0 Å². The number of hydrogen-bond acceptors (Lipinski definition) is 6. The second kappa shape index (κ2) is 5.08. The monoisotopic (exact) mass is 283 g/mol. The standard InChI is InChI=1S/C13H13N7O/c1-15-11-6-10(18-9-4-2-3-5-16-9)19-13-8(12(14)21)7-17-20(11)13/h2-7,15H,1H3,(H2,14,21)(H,16,18,19). The number of anilines is 3. The fraction of sp³-hybridized carbons (Fsp3) is 0.0769. The minimum absolute atomic E-state index is 0.260. The molecule has 0 aliphatic rings. The number of fused-ring (bicyclic) bond motifs is 1. The van der Waals surface area contributed by atoms with Crippen molar-refractivity contribution in [2.24, 2.45) is 5.73 Å². The first-order chi connectivity index (χ1) is 10.2. The molecule has 0 bridgehead atoms. The van der Waals surface area contributed by atoms with Crippen LogP contribution in [0, 0.1) is 0 Å². The molecule has 21 heavy (non-hydrogen) atoms. The maximum Gasteiger partial charge on any atom is 0.254 e. The van der Waals surface area contributed by atoms with E-state index in [4.69, 9.17) is 5.73 Å². The summed E-state index contributed by atoms with van der Waals surface area (Å²) < 4.78 is 1.52. The predicted molar refractivity (Wildman–Crippen MR) is 78.6 cm³/mol. The van der Waals surface area contributed by atoms with Crippen molar-refractivity contribution in [3.8, 4) is 0 Å². The Balaban J connectivity index is 2.11. The molecular weight excluding hydrogens is 270 g/mol. The van der Waals surface area contributed by atoms with Crippen LogP contribution in [-0.2, 0) is 0 Å². The molecule has 3 aromatic rings. The lowest BCUT2D eigenvalue weighted by atomic mass is 10.3. The van der Waals surface area contributed by atoms with E-state index in [1.54, 1.807) is 19.3 Å². The summed E-state index contributed by atoms with van der Waals surface area (Å²) in [6, 6.07) is 7.26. The number of aromatic nitrogens is 4. The van der Waals surface area contributed by atoms with Crippen molar-refractivity contribution in [2.45, 2.75) is 0 Å². The Morgan fingerprint density at radius 1 is 1.33 bits per heavy atom. The van der Waals surface area contributed by atoms with E-state index in [9.17, 15) is 4.79 Å². The van der Waals surface area contributed by atoms with Crippen molar-refractivity contribution in [3.05, 3.63) is 42.2 Å².